The molecule has 56 heavy (non-hydrogen) atoms. The van der Waals surface area contributed by atoms with Crippen molar-refractivity contribution < 1.29 is 0 Å². The van der Waals surface area contributed by atoms with E-state index in [1.807, 2.05) is 115 Å². The Morgan fingerprint density at radius 3 is 1.32 bits per heavy atom. The van der Waals surface area contributed by atoms with Gasteiger partial charge in [-0.2, -0.15) is 0 Å². The fourth-order valence-electron chi connectivity index (χ4n) is 6.83. The standard InChI is InChI=1S/C51H33N5/c1-2-35-24-26-36(27-25-35)40-28-29-45(41-20-12-22-43(32-41)48-31-30-47(55-56-48)37-14-6-3-7-15-37)46(34-40)42-21-13-23-44(33-42)51-53-49(38-16-8-4-9-17-38)52-50(54-51)39-18-10-5-11-19-39/h1,3-34H. The van der Waals surface area contributed by atoms with Crippen molar-refractivity contribution in [3.05, 3.63) is 200 Å². The van der Waals surface area contributed by atoms with E-state index in [1.165, 1.54) is 0 Å². The van der Waals surface area contributed by atoms with Crippen LogP contribution in [0.1, 0.15) is 5.56 Å². The lowest BCUT2D eigenvalue weighted by molar-refractivity contribution is 1.04. The predicted molar refractivity (Wildman–Crippen MR) is 227 cm³/mol. The van der Waals surface area contributed by atoms with Gasteiger partial charge >= 0.3 is 0 Å². The third-order valence-corrected chi connectivity index (χ3v) is 9.74. The maximum absolute atomic E-state index is 5.69. The summed E-state index contributed by atoms with van der Waals surface area (Å²) < 4.78 is 0. The molecule has 9 rings (SSSR count). The second-order valence-electron chi connectivity index (χ2n) is 13.4. The van der Waals surface area contributed by atoms with Crippen LogP contribution >= 0.6 is 0 Å². The predicted octanol–water partition coefficient (Wildman–Crippen LogP) is 12.0. The van der Waals surface area contributed by atoms with E-state index in [0.29, 0.717) is 17.5 Å². The molecule has 0 atom stereocenters. The van der Waals surface area contributed by atoms with E-state index in [-0.39, 0.29) is 0 Å². The molecule has 0 aliphatic rings. The summed E-state index contributed by atoms with van der Waals surface area (Å²) in [6.45, 7) is 0. The van der Waals surface area contributed by atoms with Crippen LogP contribution in [0.25, 0.3) is 90.1 Å². The molecule has 0 spiro atoms. The minimum absolute atomic E-state index is 0.599. The Bertz CT molecular complexity index is 2770. The molecule has 5 nitrogen and oxygen atoms in total. The molecule has 0 aliphatic heterocycles. The molecule has 0 saturated carbocycles. The van der Waals surface area contributed by atoms with Crippen LogP contribution in [0.2, 0.25) is 0 Å². The average Bonchev–Trinajstić information content (AvgIpc) is 3.30. The van der Waals surface area contributed by atoms with Gasteiger partial charge in [0.25, 0.3) is 0 Å². The summed E-state index contributed by atoms with van der Waals surface area (Å²) in [4.78, 5) is 14.9. The Labute approximate surface area is 326 Å². The smallest absolute Gasteiger partial charge is 0.164 e. The number of hydrogen-bond donors (Lipinski definition) is 0. The monoisotopic (exact) mass is 715 g/mol. The van der Waals surface area contributed by atoms with Crippen molar-refractivity contribution in [3.8, 4) is 102 Å². The van der Waals surface area contributed by atoms with Gasteiger partial charge in [0.05, 0.1) is 11.4 Å². The van der Waals surface area contributed by atoms with Gasteiger partial charge in [-0.3, -0.25) is 0 Å². The molecule has 0 radical (unpaired) electrons. The molecular formula is C51H33N5. The summed E-state index contributed by atoms with van der Waals surface area (Å²) in [6, 6.07) is 65.8. The molecule has 0 unspecified atom stereocenters. The van der Waals surface area contributed by atoms with Gasteiger partial charge in [0.1, 0.15) is 0 Å². The van der Waals surface area contributed by atoms with Crippen molar-refractivity contribution in [1.29, 1.82) is 0 Å². The summed E-state index contributed by atoms with van der Waals surface area (Å²) >= 11 is 0. The second kappa shape index (κ2) is 15.3. The average molecular weight is 716 g/mol. The van der Waals surface area contributed by atoms with Crippen molar-refractivity contribution >= 4 is 0 Å². The maximum atomic E-state index is 5.69. The van der Waals surface area contributed by atoms with Crippen LogP contribution in [-0.4, -0.2) is 25.1 Å². The van der Waals surface area contributed by atoms with E-state index in [2.05, 4.69) is 95.0 Å². The maximum Gasteiger partial charge on any atom is 0.164 e. The molecule has 0 bridgehead atoms. The first kappa shape index (κ1) is 34.0. The van der Waals surface area contributed by atoms with Crippen LogP contribution in [0, 0.1) is 12.3 Å². The van der Waals surface area contributed by atoms with Crippen LogP contribution in [-0.2, 0) is 0 Å². The fourth-order valence-corrected chi connectivity index (χ4v) is 6.83. The number of aromatic nitrogens is 5. The molecule has 5 heteroatoms. The largest absolute Gasteiger partial charge is 0.208 e. The zero-order chi connectivity index (χ0) is 37.7. The Morgan fingerprint density at radius 2 is 0.750 bits per heavy atom. The second-order valence-corrected chi connectivity index (χ2v) is 13.4. The van der Waals surface area contributed by atoms with Crippen LogP contribution < -0.4 is 0 Å². The molecule has 9 aromatic rings. The Balaban J connectivity index is 1.16. The van der Waals surface area contributed by atoms with Crippen molar-refractivity contribution in [2.24, 2.45) is 0 Å². The number of rotatable bonds is 8. The van der Waals surface area contributed by atoms with Gasteiger partial charge in [-0.05, 0) is 75.8 Å². The Hall–Kier alpha value is -7.81. The molecule has 7 aromatic carbocycles. The van der Waals surface area contributed by atoms with E-state index in [4.69, 9.17) is 21.4 Å². The number of terminal acetylenes is 1. The first-order valence-electron chi connectivity index (χ1n) is 18.4. The van der Waals surface area contributed by atoms with Crippen LogP contribution in [0.4, 0.5) is 0 Å². The van der Waals surface area contributed by atoms with Gasteiger partial charge < -0.3 is 0 Å². The summed E-state index contributed by atoms with van der Waals surface area (Å²) in [6.07, 6.45) is 5.69. The van der Waals surface area contributed by atoms with Crippen molar-refractivity contribution in [2.75, 3.05) is 0 Å². The highest BCUT2D eigenvalue weighted by atomic mass is 15.1. The lowest BCUT2D eigenvalue weighted by Crippen LogP contribution is -2.00. The SMILES string of the molecule is C#Cc1ccc(-c2ccc(-c3cccc(-c4ccc(-c5ccccc5)nn4)c3)c(-c3cccc(-c4nc(-c5ccccc5)nc(-c5ccccc5)n4)c3)c2)cc1. The number of benzene rings is 7. The zero-order valence-electron chi connectivity index (χ0n) is 30.3. The molecule has 262 valence electrons. The third kappa shape index (κ3) is 7.11. The van der Waals surface area contributed by atoms with E-state index in [1.54, 1.807) is 0 Å². The minimum atomic E-state index is 0.599. The van der Waals surface area contributed by atoms with Gasteiger partial charge in [-0.15, -0.1) is 16.6 Å². The summed E-state index contributed by atoms with van der Waals surface area (Å²) in [5.74, 6) is 4.57. The van der Waals surface area contributed by atoms with Crippen LogP contribution in [0.5, 0.6) is 0 Å². The van der Waals surface area contributed by atoms with Crippen LogP contribution in [0.3, 0.4) is 0 Å². The highest BCUT2D eigenvalue weighted by Crippen LogP contribution is 2.38. The number of hydrogen-bond acceptors (Lipinski definition) is 5. The third-order valence-electron chi connectivity index (χ3n) is 9.74. The summed E-state index contributed by atoms with van der Waals surface area (Å²) in [7, 11) is 0. The first-order valence-corrected chi connectivity index (χ1v) is 18.4. The van der Waals surface area contributed by atoms with Gasteiger partial charge in [-0.25, -0.2) is 15.0 Å². The van der Waals surface area contributed by atoms with Gasteiger partial charge in [0.15, 0.2) is 17.5 Å². The van der Waals surface area contributed by atoms with Gasteiger partial charge in [0, 0.05) is 33.4 Å². The molecule has 2 aromatic heterocycles. The van der Waals surface area contributed by atoms with E-state index >= 15 is 0 Å². The molecule has 0 N–H and O–H groups in total. The lowest BCUT2D eigenvalue weighted by atomic mass is 9.89. The van der Waals surface area contributed by atoms with Crippen molar-refractivity contribution in [1.82, 2.24) is 25.1 Å². The highest BCUT2D eigenvalue weighted by Gasteiger charge is 2.16. The lowest BCUT2D eigenvalue weighted by Gasteiger charge is -2.15. The highest BCUT2D eigenvalue weighted by molar-refractivity contribution is 5.89. The summed E-state index contributed by atoms with van der Waals surface area (Å²) in [5, 5.41) is 9.19. The molecule has 0 amide bonds. The van der Waals surface area contributed by atoms with Crippen molar-refractivity contribution in [2.45, 2.75) is 0 Å². The molecular weight excluding hydrogens is 683 g/mol. The molecule has 0 saturated heterocycles. The van der Waals surface area contributed by atoms with E-state index < -0.39 is 0 Å². The fraction of sp³-hybridized carbons (Fsp3) is 0. The topological polar surface area (TPSA) is 64.5 Å². The normalized spacial score (nSPS) is 10.8. The van der Waals surface area contributed by atoms with E-state index in [9.17, 15) is 0 Å². The summed E-state index contributed by atoms with van der Waals surface area (Å²) in [5.41, 5.74) is 13.6. The zero-order valence-corrected chi connectivity index (χ0v) is 30.3. The number of nitrogens with zero attached hydrogens (tertiary/aromatic N) is 5. The molecule has 0 aliphatic carbocycles. The van der Waals surface area contributed by atoms with E-state index in [0.717, 1.165) is 78.1 Å². The van der Waals surface area contributed by atoms with Gasteiger partial charge in [0.2, 0.25) is 0 Å². The molecule has 2 heterocycles. The Morgan fingerprint density at radius 1 is 0.304 bits per heavy atom. The van der Waals surface area contributed by atoms with Crippen LogP contribution in [0.15, 0.2) is 194 Å². The van der Waals surface area contributed by atoms with Crippen molar-refractivity contribution in [3.63, 3.8) is 0 Å². The quantitative estimate of drug-likeness (QED) is 0.147. The molecule has 0 fully saturated rings. The minimum Gasteiger partial charge on any atom is -0.208 e. The Kier molecular flexibility index (Phi) is 9.27. The first-order chi connectivity index (χ1) is 27.7. The van der Waals surface area contributed by atoms with Gasteiger partial charge in [-0.1, -0.05) is 158 Å².